The van der Waals surface area contributed by atoms with Gasteiger partial charge >= 0.3 is 0 Å². The first-order chi connectivity index (χ1) is 14.2. The molecular weight excluding hydrogens is 372 g/mol. The number of hydrogen-bond acceptors (Lipinski definition) is 6. The zero-order chi connectivity index (χ0) is 20.2. The summed E-state index contributed by atoms with van der Waals surface area (Å²) in [5, 5.41) is 12.8. The molecule has 3 aromatic rings. The summed E-state index contributed by atoms with van der Waals surface area (Å²) in [6.45, 7) is 2.95. The summed E-state index contributed by atoms with van der Waals surface area (Å²) < 4.78 is 13.9. The minimum Gasteiger partial charge on any atom is -0.497 e. The van der Waals surface area contributed by atoms with Crippen molar-refractivity contribution in [1.82, 2.24) is 29.7 Å². The maximum atomic E-state index is 12.9. The molecule has 0 spiro atoms. The number of benzene rings is 1. The summed E-state index contributed by atoms with van der Waals surface area (Å²) >= 11 is 0. The molecule has 0 unspecified atom stereocenters. The number of amides is 1. The molecule has 0 fully saturated rings. The number of carbonyl (C=O) groups excluding carboxylic acids is 1. The molecule has 4 rings (SSSR count). The Balaban J connectivity index is 1.40. The van der Waals surface area contributed by atoms with Gasteiger partial charge in [0.25, 0.3) is 5.91 Å². The predicted octanol–water partition coefficient (Wildman–Crippen LogP) is 1.38. The smallest absolute Gasteiger partial charge is 0.257 e. The highest BCUT2D eigenvalue weighted by molar-refractivity contribution is 5.93. The van der Waals surface area contributed by atoms with Crippen LogP contribution in [0.5, 0.6) is 5.75 Å². The van der Waals surface area contributed by atoms with E-state index < -0.39 is 0 Å². The predicted molar refractivity (Wildman–Crippen MR) is 105 cm³/mol. The summed E-state index contributed by atoms with van der Waals surface area (Å²) in [7, 11) is 3.31. The van der Waals surface area contributed by atoms with Crippen LogP contribution in [-0.2, 0) is 30.8 Å². The molecule has 0 N–H and O–H groups in total. The fourth-order valence-electron chi connectivity index (χ4n) is 3.46. The maximum absolute atomic E-state index is 12.9. The van der Waals surface area contributed by atoms with Crippen molar-refractivity contribution in [3.8, 4) is 5.75 Å². The quantitative estimate of drug-likeness (QED) is 0.600. The van der Waals surface area contributed by atoms with Gasteiger partial charge in [0.2, 0.25) is 0 Å². The van der Waals surface area contributed by atoms with Crippen molar-refractivity contribution in [3.05, 3.63) is 59.2 Å². The molecule has 9 nitrogen and oxygen atoms in total. The highest BCUT2D eigenvalue weighted by Crippen LogP contribution is 2.19. The van der Waals surface area contributed by atoms with Gasteiger partial charge in [-0.15, -0.1) is 5.10 Å². The van der Waals surface area contributed by atoms with Crippen LogP contribution in [0.15, 0.2) is 36.7 Å². The van der Waals surface area contributed by atoms with E-state index in [1.807, 2.05) is 28.9 Å². The molecule has 0 aliphatic carbocycles. The van der Waals surface area contributed by atoms with Gasteiger partial charge in [0.15, 0.2) is 0 Å². The van der Waals surface area contributed by atoms with Gasteiger partial charge in [-0.1, -0.05) is 17.3 Å². The van der Waals surface area contributed by atoms with Crippen LogP contribution in [0.4, 0.5) is 0 Å². The molecule has 0 atom stereocenters. The highest BCUT2D eigenvalue weighted by Gasteiger charge is 2.26. The lowest BCUT2D eigenvalue weighted by atomic mass is 10.1. The number of rotatable bonds is 7. The Morgan fingerprint density at radius 1 is 1.21 bits per heavy atom. The van der Waals surface area contributed by atoms with Gasteiger partial charge in [-0.05, 0) is 17.7 Å². The van der Waals surface area contributed by atoms with Crippen molar-refractivity contribution in [2.75, 3.05) is 27.4 Å². The van der Waals surface area contributed by atoms with Gasteiger partial charge in [0.1, 0.15) is 11.4 Å². The third-order valence-electron chi connectivity index (χ3n) is 5.06. The number of fused-ring (bicyclic) bond motifs is 1. The van der Waals surface area contributed by atoms with E-state index in [2.05, 4.69) is 15.4 Å². The molecule has 0 saturated heterocycles. The summed E-state index contributed by atoms with van der Waals surface area (Å²) in [4.78, 5) is 14.7. The van der Waals surface area contributed by atoms with E-state index in [0.29, 0.717) is 38.3 Å². The van der Waals surface area contributed by atoms with Crippen molar-refractivity contribution in [1.29, 1.82) is 0 Å². The second-order valence-corrected chi connectivity index (χ2v) is 6.95. The minimum absolute atomic E-state index is 0.0388. The van der Waals surface area contributed by atoms with Crippen molar-refractivity contribution in [2.24, 2.45) is 0 Å². The second-order valence-electron chi connectivity index (χ2n) is 6.95. The Morgan fingerprint density at radius 3 is 2.79 bits per heavy atom. The lowest BCUT2D eigenvalue weighted by molar-refractivity contribution is 0.0730. The van der Waals surface area contributed by atoms with Crippen LogP contribution in [0.1, 0.15) is 27.3 Å². The zero-order valence-corrected chi connectivity index (χ0v) is 16.6. The van der Waals surface area contributed by atoms with Crippen LogP contribution in [0, 0.1) is 0 Å². The molecule has 1 amide bonds. The van der Waals surface area contributed by atoms with Crippen LogP contribution in [0.25, 0.3) is 0 Å². The molecule has 3 heterocycles. The van der Waals surface area contributed by atoms with Gasteiger partial charge < -0.3 is 14.4 Å². The van der Waals surface area contributed by atoms with E-state index in [0.717, 1.165) is 29.1 Å². The van der Waals surface area contributed by atoms with Crippen LogP contribution in [0.2, 0.25) is 0 Å². The fraction of sp³-hybridized carbons (Fsp3) is 0.400. The molecule has 1 aromatic carbocycles. The van der Waals surface area contributed by atoms with Gasteiger partial charge in [-0.25, -0.2) is 4.68 Å². The first kappa shape index (κ1) is 19.1. The standard InChI is InChI=1S/C20H24N6O3/c1-28-10-9-26-19-7-8-24(14-18(19)22-23-26)20(27)16-11-21-25(13-16)12-15-3-5-17(29-2)6-4-15/h3-6,11,13H,7-10,12,14H2,1-2H3. The Hall–Kier alpha value is -3.20. The van der Waals surface area contributed by atoms with Gasteiger partial charge in [0, 0.05) is 26.3 Å². The zero-order valence-electron chi connectivity index (χ0n) is 16.6. The van der Waals surface area contributed by atoms with Gasteiger partial charge in [-0.2, -0.15) is 5.10 Å². The van der Waals surface area contributed by atoms with Gasteiger partial charge in [-0.3, -0.25) is 9.48 Å². The average Bonchev–Trinajstić information content (AvgIpc) is 3.39. The average molecular weight is 396 g/mol. The summed E-state index contributed by atoms with van der Waals surface area (Å²) in [6.07, 6.45) is 4.14. The lowest BCUT2D eigenvalue weighted by Crippen LogP contribution is -2.36. The second kappa shape index (κ2) is 8.44. The summed E-state index contributed by atoms with van der Waals surface area (Å²) in [6, 6.07) is 7.80. The summed E-state index contributed by atoms with van der Waals surface area (Å²) in [5.41, 5.74) is 3.60. The van der Waals surface area contributed by atoms with E-state index in [1.165, 1.54) is 0 Å². The topological polar surface area (TPSA) is 87.3 Å². The molecule has 0 radical (unpaired) electrons. The van der Waals surface area contributed by atoms with Crippen molar-refractivity contribution >= 4 is 5.91 Å². The molecule has 0 bridgehead atoms. The van der Waals surface area contributed by atoms with E-state index >= 15 is 0 Å². The number of ether oxygens (including phenoxy) is 2. The Labute approximate surface area is 168 Å². The molecule has 2 aromatic heterocycles. The molecule has 152 valence electrons. The third-order valence-corrected chi connectivity index (χ3v) is 5.06. The van der Waals surface area contributed by atoms with Crippen LogP contribution in [0.3, 0.4) is 0 Å². The van der Waals surface area contributed by atoms with Crippen LogP contribution < -0.4 is 4.74 Å². The molecule has 29 heavy (non-hydrogen) atoms. The Morgan fingerprint density at radius 2 is 2.03 bits per heavy atom. The number of carbonyl (C=O) groups is 1. The molecule has 1 aliphatic rings. The van der Waals surface area contributed by atoms with Crippen molar-refractivity contribution < 1.29 is 14.3 Å². The number of hydrogen-bond donors (Lipinski definition) is 0. The number of nitrogens with zero attached hydrogens (tertiary/aromatic N) is 6. The lowest BCUT2D eigenvalue weighted by Gasteiger charge is -2.26. The fourth-order valence-corrected chi connectivity index (χ4v) is 3.46. The molecule has 9 heteroatoms. The maximum Gasteiger partial charge on any atom is 0.257 e. The Bertz CT molecular complexity index is 979. The first-order valence-corrected chi connectivity index (χ1v) is 9.52. The SMILES string of the molecule is COCCn1nnc2c1CCN(C(=O)c1cnn(Cc3ccc(OC)cc3)c1)C2. The molecular formula is C20H24N6O3. The van der Waals surface area contributed by atoms with Crippen molar-refractivity contribution in [3.63, 3.8) is 0 Å². The monoisotopic (exact) mass is 396 g/mol. The minimum atomic E-state index is -0.0388. The van der Waals surface area contributed by atoms with E-state index in [1.54, 1.807) is 36.2 Å². The highest BCUT2D eigenvalue weighted by atomic mass is 16.5. The third kappa shape index (κ3) is 4.14. The Kier molecular flexibility index (Phi) is 5.57. The normalized spacial score (nSPS) is 13.4. The largest absolute Gasteiger partial charge is 0.497 e. The van der Waals surface area contributed by atoms with Crippen molar-refractivity contribution in [2.45, 2.75) is 26.1 Å². The number of aromatic nitrogens is 5. The van der Waals surface area contributed by atoms with E-state index in [9.17, 15) is 4.79 Å². The van der Waals surface area contributed by atoms with Crippen LogP contribution in [-0.4, -0.2) is 63.0 Å². The molecule has 1 aliphatic heterocycles. The summed E-state index contributed by atoms with van der Waals surface area (Å²) in [5.74, 6) is 0.775. The van der Waals surface area contributed by atoms with E-state index in [4.69, 9.17) is 9.47 Å². The molecule has 0 saturated carbocycles. The van der Waals surface area contributed by atoms with Crippen LogP contribution >= 0.6 is 0 Å². The van der Waals surface area contributed by atoms with E-state index in [-0.39, 0.29) is 5.91 Å². The number of methoxy groups -OCH3 is 2. The van der Waals surface area contributed by atoms with Gasteiger partial charge in [0.05, 0.1) is 50.8 Å². The first-order valence-electron chi connectivity index (χ1n) is 9.52.